The summed E-state index contributed by atoms with van der Waals surface area (Å²) >= 11 is 0. The summed E-state index contributed by atoms with van der Waals surface area (Å²) in [5.41, 5.74) is 3.07. The average Bonchev–Trinajstić information content (AvgIpc) is 2.58. The number of benzene rings is 3. The molecule has 3 rings (SSSR count). The van der Waals surface area contributed by atoms with Crippen molar-refractivity contribution in [2.24, 2.45) is 0 Å². The number of fused-ring (bicyclic) bond motifs is 1. The zero-order chi connectivity index (χ0) is 16.9. The number of rotatable bonds is 5. The Morgan fingerprint density at radius 2 is 1.79 bits per heavy atom. The molecule has 0 aliphatic rings. The number of nitrogens with one attached hydrogen (secondary N) is 1. The lowest BCUT2D eigenvalue weighted by atomic mass is 10.1. The highest BCUT2D eigenvalue weighted by Crippen LogP contribution is 2.23. The van der Waals surface area contributed by atoms with Gasteiger partial charge in [-0.2, -0.15) is 0 Å². The Bertz CT molecular complexity index is 865. The minimum absolute atomic E-state index is 0.0448. The van der Waals surface area contributed by atoms with Crippen molar-refractivity contribution in [2.45, 2.75) is 20.3 Å². The maximum absolute atomic E-state index is 12.2. The minimum atomic E-state index is -0.0448. The first-order valence-corrected chi connectivity index (χ1v) is 8.11. The van der Waals surface area contributed by atoms with Gasteiger partial charge in [-0.3, -0.25) is 4.79 Å². The van der Waals surface area contributed by atoms with Crippen molar-refractivity contribution < 1.29 is 9.53 Å². The molecule has 0 unspecified atom stereocenters. The summed E-state index contributed by atoms with van der Waals surface area (Å²) in [5, 5.41) is 5.14. The molecule has 3 aromatic carbocycles. The highest BCUT2D eigenvalue weighted by Gasteiger charge is 2.07. The van der Waals surface area contributed by atoms with Crippen LogP contribution in [0.2, 0.25) is 0 Å². The van der Waals surface area contributed by atoms with E-state index in [1.807, 2.05) is 68.4 Å². The van der Waals surface area contributed by atoms with Gasteiger partial charge >= 0.3 is 0 Å². The molecule has 24 heavy (non-hydrogen) atoms. The first-order valence-electron chi connectivity index (χ1n) is 8.11. The van der Waals surface area contributed by atoms with Gasteiger partial charge in [0.05, 0.1) is 13.0 Å². The van der Waals surface area contributed by atoms with Gasteiger partial charge in [0.15, 0.2) is 0 Å². The predicted octanol–water partition coefficient (Wildman–Crippen LogP) is 4.86. The highest BCUT2D eigenvalue weighted by atomic mass is 16.5. The second-order valence-corrected chi connectivity index (χ2v) is 5.94. The maximum atomic E-state index is 12.2. The lowest BCUT2D eigenvalue weighted by molar-refractivity contribution is -0.116. The third-order valence-electron chi connectivity index (χ3n) is 3.99. The Morgan fingerprint density at radius 1 is 1.00 bits per heavy atom. The zero-order valence-electron chi connectivity index (χ0n) is 14.0. The lowest BCUT2D eigenvalue weighted by Gasteiger charge is -2.11. The van der Waals surface area contributed by atoms with Crippen molar-refractivity contribution in [3.8, 4) is 5.75 Å². The summed E-state index contributed by atoms with van der Waals surface area (Å²) in [7, 11) is 0. The SMILES string of the molecule is Cc1ccc(C)c(OCCC(=O)Nc2cccc3ccccc23)c1. The Labute approximate surface area is 142 Å². The van der Waals surface area contributed by atoms with Crippen molar-refractivity contribution in [1.29, 1.82) is 0 Å². The molecule has 0 saturated carbocycles. The van der Waals surface area contributed by atoms with Crippen molar-refractivity contribution in [3.63, 3.8) is 0 Å². The maximum Gasteiger partial charge on any atom is 0.227 e. The van der Waals surface area contributed by atoms with Crippen LogP contribution in [0.3, 0.4) is 0 Å². The number of hydrogen-bond acceptors (Lipinski definition) is 2. The largest absolute Gasteiger partial charge is 0.493 e. The quantitative estimate of drug-likeness (QED) is 0.729. The molecule has 0 aromatic heterocycles. The van der Waals surface area contributed by atoms with Crippen LogP contribution in [0.1, 0.15) is 17.5 Å². The monoisotopic (exact) mass is 319 g/mol. The van der Waals surface area contributed by atoms with Crippen LogP contribution in [-0.4, -0.2) is 12.5 Å². The van der Waals surface area contributed by atoms with Crippen LogP contribution in [0.4, 0.5) is 5.69 Å². The summed E-state index contributed by atoms with van der Waals surface area (Å²) in [4.78, 5) is 12.2. The fourth-order valence-corrected chi connectivity index (χ4v) is 2.66. The summed E-state index contributed by atoms with van der Waals surface area (Å²) < 4.78 is 5.75. The molecular formula is C21H21NO2. The molecule has 0 aliphatic carbocycles. The van der Waals surface area contributed by atoms with Crippen LogP contribution in [0, 0.1) is 13.8 Å². The fraction of sp³-hybridized carbons (Fsp3) is 0.190. The molecule has 0 bridgehead atoms. The number of carbonyl (C=O) groups excluding carboxylic acids is 1. The standard InChI is InChI=1S/C21H21NO2/c1-15-10-11-16(2)20(14-15)24-13-12-21(23)22-19-9-5-7-17-6-3-4-8-18(17)19/h3-11,14H,12-13H2,1-2H3,(H,22,23). The summed E-state index contributed by atoms with van der Waals surface area (Å²) in [6.45, 7) is 4.39. The molecule has 0 radical (unpaired) electrons. The topological polar surface area (TPSA) is 38.3 Å². The molecule has 0 fully saturated rings. The number of ether oxygens (including phenoxy) is 1. The second kappa shape index (κ2) is 7.18. The Hall–Kier alpha value is -2.81. The Kier molecular flexibility index (Phi) is 4.80. The van der Waals surface area contributed by atoms with E-state index in [9.17, 15) is 4.79 Å². The average molecular weight is 319 g/mol. The second-order valence-electron chi connectivity index (χ2n) is 5.94. The Balaban J connectivity index is 1.60. The third kappa shape index (κ3) is 3.74. The van der Waals surface area contributed by atoms with Crippen molar-refractivity contribution in [1.82, 2.24) is 0 Å². The number of anilines is 1. The lowest BCUT2D eigenvalue weighted by Crippen LogP contribution is -2.15. The van der Waals surface area contributed by atoms with E-state index in [0.717, 1.165) is 33.3 Å². The first-order chi connectivity index (χ1) is 11.6. The molecule has 3 nitrogen and oxygen atoms in total. The van der Waals surface area contributed by atoms with E-state index in [1.165, 1.54) is 0 Å². The molecule has 1 amide bonds. The third-order valence-corrected chi connectivity index (χ3v) is 3.99. The zero-order valence-corrected chi connectivity index (χ0v) is 14.0. The molecule has 0 atom stereocenters. The van der Waals surface area contributed by atoms with E-state index in [2.05, 4.69) is 11.4 Å². The van der Waals surface area contributed by atoms with Crippen LogP contribution in [0.15, 0.2) is 60.7 Å². The van der Waals surface area contributed by atoms with Gasteiger partial charge in [0, 0.05) is 11.1 Å². The van der Waals surface area contributed by atoms with Crippen LogP contribution >= 0.6 is 0 Å². The van der Waals surface area contributed by atoms with Gasteiger partial charge in [-0.1, -0.05) is 48.5 Å². The summed E-state index contributed by atoms with van der Waals surface area (Å²) in [6.07, 6.45) is 0.316. The van der Waals surface area contributed by atoms with E-state index >= 15 is 0 Å². The van der Waals surface area contributed by atoms with E-state index in [0.29, 0.717) is 13.0 Å². The van der Waals surface area contributed by atoms with Crippen LogP contribution in [0.25, 0.3) is 10.8 Å². The molecular weight excluding hydrogens is 298 g/mol. The number of aryl methyl sites for hydroxylation is 2. The van der Waals surface area contributed by atoms with Crippen LogP contribution < -0.4 is 10.1 Å². The normalized spacial score (nSPS) is 10.6. The van der Waals surface area contributed by atoms with Gasteiger partial charge < -0.3 is 10.1 Å². The van der Waals surface area contributed by atoms with Gasteiger partial charge in [0.1, 0.15) is 5.75 Å². The fourth-order valence-electron chi connectivity index (χ4n) is 2.66. The first kappa shape index (κ1) is 16.1. The molecule has 0 heterocycles. The number of carbonyl (C=O) groups is 1. The van der Waals surface area contributed by atoms with Gasteiger partial charge in [-0.15, -0.1) is 0 Å². The van der Waals surface area contributed by atoms with Crippen LogP contribution in [0.5, 0.6) is 5.75 Å². The summed E-state index contributed by atoms with van der Waals surface area (Å²) in [6, 6.07) is 20.0. The molecule has 0 spiro atoms. The number of amides is 1. The van der Waals surface area contributed by atoms with Gasteiger partial charge in [-0.05, 0) is 42.5 Å². The van der Waals surface area contributed by atoms with Gasteiger partial charge in [0.25, 0.3) is 0 Å². The van der Waals surface area contributed by atoms with Crippen LogP contribution in [-0.2, 0) is 4.79 Å². The highest BCUT2D eigenvalue weighted by molar-refractivity contribution is 6.02. The van der Waals surface area contributed by atoms with Gasteiger partial charge in [0.2, 0.25) is 5.91 Å². The summed E-state index contributed by atoms with van der Waals surface area (Å²) in [5.74, 6) is 0.796. The van der Waals surface area contributed by atoms with E-state index in [1.54, 1.807) is 0 Å². The van der Waals surface area contributed by atoms with Crippen molar-refractivity contribution >= 4 is 22.4 Å². The van der Waals surface area contributed by atoms with E-state index in [4.69, 9.17) is 4.74 Å². The smallest absolute Gasteiger partial charge is 0.227 e. The number of hydrogen-bond donors (Lipinski definition) is 1. The van der Waals surface area contributed by atoms with E-state index in [-0.39, 0.29) is 5.91 Å². The molecule has 1 N–H and O–H groups in total. The molecule has 0 aliphatic heterocycles. The Morgan fingerprint density at radius 3 is 2.67 bits per heavy atom. The van der Waals surface area contributed by atoms with Crippen molar-refractivity contribution in [3.05, 3.63) is 71.8 Å². The molecule has 122 valence electrons. The molecule has 0 saturated heterocycles. The molecule has 3 heteroatoms. The van der Waals surface area contributed by atoms with Gasteiger partial charge in [-0.25, -0.2) is 0 Å². The van der Waals surface area contributed by atoms with E-state index < -0.39 is 0 Å². The molecule has 3 aromatic rings. The minimum Gasteiger partial charge on any atom is -0.493 e. The van der Waals surface area contributed by atoms with Crippen molar-refractivity contribution in [2.75, 3.05) is 11.9 Å². The predicted molar refractivity (Wildman–Crippen MR) is 98.6 cm³/mol.